The van der Waals surface area contributed by atoms with Gasteiger partial charge in [-0.3, -0.25) is 14.6 Å². The predicted molar refractivity (Wildman–Crippen MR) is 107 cm³/mol. The summed E-state index contributed by atoms with van der Waals surface area (Å²) < 4.78 is 0. The highest BCUT2D eigenvalue weighted by Gasteiger charge is 2.19. The number of carbonyl (C=O) groups is 1. The summed E-state index contributed by atoms with van der Waals surface area (Å²) in [5.74, 6) is 0.175. The van der Waals surface area contributed by atoms with Gasteiger partial charge in [-0.15, -0.1) is 0 Å². The zero-order valence-electron chi connectivity index (χ0n) is 16.2. The second-order valence-electron chi connectivity index (χ2n) is 7.69. The van der Waals surface area contributed by atoms with Crippen LogP contribution in [0.1, 0.15) is 43.2 Å². The molecule has 0 unspecified atom stereocenters. The van der Waals surface area contributed by atoms with Crippen molar-refractivity contribution in [2.24, 2.45) is 0 Å². The van der Waals surface area contributed by atoms with E-state index in [0.717, 1.165) is 45.7 Å². The van der Waals surface area contributed by atoms with Gasteiger partial charge in [0.15, 0.2) is 0 Å². The van der Waals surface area contributed by atoms with Crippen LogP contribution in [-0.2, 0) is 11.3 Å². The minimum atomic E-state index is 0.175. The molecule has 2 aliphatic rings. The first-order valence-corrected chi connectivity index (χ1v) is 10.1. The van der Waals surface area contributed by atoms with Gasteiger partial charge >= 0.3 is 0 Å². The third kappa shape index (κ3) is 5.96. The predicted octanol–water partition coefficient (Wildman–Crippen LogP) is 3.12. The minimum Gasteiger partial charge on any atom is -0.355 e. The van der Waals surface area contributed by atoms with Crippen LogP contribution in [-0.4, -0.2) is 55.0 Å². The minimum absolute atomic E-state index is 0.175. The van der Waals surface area contributed by atoms with E-state index in [1.807, 2.05) is 0 Å². The Bertz CT molecular complexity index is 618. The molecule has 1 aromatic rings. The van der Waals surface area contributed by atoms with Crippen molar-refractivity contribution in [1.82, 2.24) is 15.1 Å². The second kappa shape index (κ2) is 9.89. The number of carbonyl (C=O) groups excluding carboxylic acids is 1. The smallest absolute Gasteiger partial charge is 0.234 e. The summed E-state index contributed by atoms with van der Waals surface area (Å²) in [6, 6.07) is 8.61. The first kappa shape index (κ1) is 19.1. The summed E-state index contributed by atoms with van der Waals surface area (Å²) in [5, 5.41) is 3.10. The monoisotopic (exact) mass is 355 g/mol. The van der Waals surface area contributed by atoms with Crippen molar-refractivity contribution in [3.63, 3.8) is 0 Å². The molecular weight excluding hydrogens is 322 g/mol. The SMILES string of the molecule is Cc1ccccc1CN1CCN(CC(=O)NCCC2=CCCCC2)CC1. The number of hydrogen-bond acceptors (Lipinski definition) is 3. The van der Waals surface area contributed by atoms with Crippen molar-refractivity contribution in [3.05, 3.63) is 47.0 Å². The van der Waals surface area contributed by atoms with Crippen molar-refractivity contribution < 1.29 is 4.79 Å². The summed E-state index contributed by atoms with van der Waals surface area (Å²) in [4.78, 5) is 17.0. The lowest BCUT2D eigenvalue weighted by Crippen LogP contribution is -2.49. The summed E-state index contributed by atoms with van der Waals surface area (Å²) >= 11 is 0. The van der Waals surface area contributed by atoms with Gasteiger partial charge < -0.3 is 5.32 Å². The van der Waals surface area contributed by atoms with Gasteiger partial charge in [-0.2, -0.15) is 0 Å². The second-order valence-corrected chi connectivity index (χ2v) is 7.69. The fourth-order valence-corrected chi connectivity index (χ4v) is 3.89. The fraction of sp³-hybridized carbons (Fsp3) is 0.591. The normalized spacial score (nSPS) is 19.2. The maximum atomic E-state index is 12.2. The average Bonchev–Trinajstić information content (AvgIpc) is 2.66. The van der Waals surface area contributed by atoms with Crippen LogP contribution in [0.5, 0.6) is 0 Å². The summed E-state index contributed by atoms with van der Waals surface area (Å²) in [5.41, 5.74) is 4.31. The Kier molecular flexibility index (Phi) is 7.27. The van der Waals surface area contributed by atoms with Gasteiger partial charge in [-0.1, -0.05) is 35.9 Å². The molecule has 0 aromatic heterocycles. The van der Waals surface area contributed by atoms with E-state index in [-0.39, 0.29) is 5.91 Å². The number of nitrogens with one attached hydrogen (secondary N) is 1. The standard InChI is InChI=1S/C22H33N3O/c1-19-7-5-6-10-21(19)17-24-13-15-25(16-14-24)18-22(26)23-12-11-20-8-3-2-4-9-20/h5-8,10H,2-4,9,11-18H2,1H3,(H,23,26). The first-order valence-electron chi connectivity index (χ1n) is 10.1. The number of hydrogen-bond donors (Lipinski definition) is 1. The molecule has 0 radical (unpaired) electrons. The van der Waals surface area contributed by atoms with Gasteiger partial charge in [0.1, 0.15) is 0 Å². The Labute approximate surface area is 158 Å². The number of nitrogens with zero attached hydrogens (tertiary/aromatic N) is 2. The Morgan fingerprint density at radius 2 is 1.85 bits per heavy atom. The maximum absolute atomic E-state index is 12.2. The number of amides is 1. The Hall–Kier alpha value is -1.65. The number of allylic oxidation sites excluding steroid dienone is 1. The number of aryl methyl sites for hydroxylation is 1. The van der Waals surface area contributed by atoms with Gasteiger partial charge in [0, 0.05) is 39.3 Å². The summed E-state index contributed by atoms with van der Waals surface area (Å²) in [6.07, 6.45) is 8.46. The number of benzene rings is 1. The van der Waals surface area contributed by atoms with Crippen LogP contribution in [0.15, 0.2) is 35.9 Å². The van der Waals surface area contributed by atoms with E-state index >= 15 is 0 Å². The lowest BCUT2D eigenvalue weighted by atomic mass is 9.97. The highest BCUT2D eigenvalue weighted by atomic mass is 16.2. The molecule has 1 aliphatic heterocycles. The molecule has 1 heterocycles. The maximum Gasteiger partial charge on any atom is 0.234 e. The molecule has 1 fully saturated rings. The lowest BCUT2D eigenvalue weighted by molar-refractivity contribution is -0.122. The van der Waals surface area contributed by atoms with Crippen LogP contribution in [0.4, 0.5) is 0 Å². The van der Waals surface area contributed by atoms with Gasteiger partial charge in [0.05, 0.1) is 6.54 Å². The highest BCUT2D eigenvalue weighted by molar-refractivity contribution is 5.78. The van der Waals surface area contributed by atoms with E-state index in [2.05, 4.69) is 52.4 Å². The first-order chi connectivity index (χ1) is 12.7. The van der Waals surface area contributed by atoms with Gasteiger partial charge in [-0.25, -0.2) is 0 Å². The van der Waals surface area contributed by atoms with Crippen LogP contribution < -0.4 is 5.32 Å². The Morgan fingerprint density at radius 3 is 2.58 bits per heavy atom. The summed E-state index contributed by atoms with van der Waals surface area (Å²) in [7, 11) is 0. The van der Waals surface area contributed by atoms with E-state index < -0.39 is 0 Å². The van der Waals surface area contributed by atoms with Gasteiger partial charge in [0.25, 0.3) is 0 Å². The van der Waals surface area contributed by atoms with Crippen LogP contribution in [0, 0.1) is 6.92 Å². The molecular formula is C22H33N3O. The zero-order chi connectivity index (χ0) is 18.2. The van der Waals surface area contributed by atoms with E-state index in [0.29, 0.717) is 6.54 Å². The highest BCUT2D eigenvalue weighted by Crippen LogP contribution is 2.19. The molecule has 1 aromatic carbocycles. The molecule has 26 heavy (non-hydrogen) atoms. The Morgan fingerprint density at radius 1 is 1.08 bits per heavy atom. The number of piperazine rings is 1. The summed E-state index contributed by atoms with van der Waals surface area (Å²) in [6.45, 7) is 8.55. The van der Waals surface area contributed by atoms with Crippen molar-refractivity contribution >= 4 is 5.91 Å². The van der Waals surface area contributed by atoms with Crippen molar-refractivity contribution in [2.75, 3.05) is 39.3 Å². The fourth-order valence-electron chi connectivity index (χ4n) is 3.89. The molecule has 3 rings (SSSR count). The molecule has 0 spiro atoms. The largest absolute Gasteiger partial charge is 0.355 e. The molecule has 0 saturated carbocycles. The Balaban J connectivity index is 1.32. The van der Waals surface area contributed by atoms with Crippen molar-refractivity contribution in [2.45, 2.75) is 45.6 Å². The van der Waals surface area contributed by atoms with E-state index in [9.17, 15) is 4.79 Å². The van der Waals surface area contributed by atoms with E-state index in [1.165, 1.54) is 42.4 Å². The van der Waals surface area contributed by atoms with E-state index in [1.54, 1.807) is 0 Å². The van der Waals surface area contributed by atoms with Crippen molar-refractivity contribution in [3.8, 4) is 0 Å². The molecule has 142 valence electrons. The third-order valence-corrected chi connectivity index (χ3v) is 5.64. The third-order valence-electron chi connectivity index (χ3n) is 5.64. The van der Waals surface area contributed by atoms with Gasteiger partial charge in [-0.05, 0) is 50.2 Å². The topological polar surface area (TPSA) is 35.6 Å². The van der Waals surface area contributed by atoms with Crippen LogP contribution >= 0.6 is 0 Å². The van der Waals surface area contributed by atoms with E-state index in [4.69, 9.17) is 0 Å². The van der Waals surface area contributed by atoms with Crippen LogP contribution in [0.3, 0.4) is 0 Å². The number of rotatable bonds is 7. The molecule has 4 nitrogen and oxygen atoms in total. The van der Waals surface area contributed by atoms with Crippen molar-refractivity contribution in [1.29, 1.82) is 0 Å². The average molecular weight is 356 g/mol. The van der Waals surface area contributed by atoms with Crippen LogP contribution in [0.2, 0.25) is 0 Å². The molecule has 0 bridgehead atoms. The molecule has 1 amide bonds. The zero-order valence-corrected chi connectivity index (χ0v) is 16.2. The molecule has 1 N–H and O–H groups in total. The molecule has 4 heteroatoms. The quantitative estimate of drug-likeness (QED) is 0.764. The molecule has 1 saturated heterocycles. The molecule has 0 atom stereocenters. The lowest BCUT2D eigenvalue weighted by Gasteiger charge is -2.34. The molecule has 1 aliphatic carbocycles. The van der Waals surface area contributed by atoms with Gasteiger partial charge in [0.2, 0.25) is 5.91 Å². The van der Waals surface area contributed by atoms with Crippen LogP contribution in [0.25, 0.3) is 0 Å².